The van der Waals surface area contributed by atoms with E-state index in [0.29, 0.717) is 11.7 Å². The van der Waals surface area contributed by atoms with Crippen molar-refractivity contribution in [1.82, 2.24) is 9.99 Å². The number of halogens is 1. The van der Waals surface area contributed by atoms with E-state index in [2.05, 4.69) is 40.3 Å². The highest BCUT2D eigenvalue weighted by atomic mass is 35.5. The smallest absolute Gasteiger partial charge is 0.191 e. The van der Waals surface area contributed by atoms with Gasteiger partial charge in [0, 0.05) is 23.5 Å². The van der Waals surface area contributed by atoms with Gasteiger partial charge in [-0.25, -0.2) is 0 Å². The highest BCUT2D eigenvalue weighted by Crippen LogP contribution is 2.18. The van der Waals surface area contributed by atoms with E-state index in [1.165, 1.54) is 11.1 Å². The maximum Gasteiger partial charge on any atom is 0.191 e. The van der Waals surface area contributed by atoms with Gasteiger partial charge in [-0.2, -0.15) is 5.10 Å². The summed E-state index contributed by atoms with van der Waals surface area (Å²) in [4.78, 5) is 0. The van der Waals surface area contributed by atoms with Crippen molar-refractivity contribution in [3.63, 3.8) is 0 Å². The lowest BCUT2D eigenvalue weighted by Gasteiger charge is -2.11. The first kappa shape index (κ1) is 19.1. The molecule has 0 aliphatic carbocycles. The number of hydrogen-bond donors (Lipinski definition) is 2. The predicted molar refractivity (Wildman–Crippen MR) is 118 cm³/mol. The number of nitrogens with one attached hydrogen (secondary N) is 2. The molecule has 0 bridgehead atoms. The molecule has 0 saturated carbocycles. The molecule has 0 saturated heterocycles. The van der Waals surface area contributed by atoms with Crippen LogP contribution in [0.3, 0.4) is 0 Å². The minimum absolute atomic E-state index is 0.448. The van der Waals surface area contributed by atoms with Gasteiger partial charge in [0.1, 0.15) is 0 Å². The molecule has 0 aliphatic rings. The van der Waals surface area contributed by atoms with Crippen molar-refractivity contribution in [2.45, 2.75) is 20.4 Å². The lowest BCUT2D eigenvalue weighted by Crippen LogP contribution is -2.24. The van der Waals surface area contributed by atoms with E-state index in [4.69, 9.17) is 23.8 Å². The zero-order chi connectivity index (χ0) is 19.2. The molecule has 6 heteroatoms. The molecule has 0 radical (unpaired) electrons. The number of hydrazone groups is 1. The molecule has 4 nitrogen and oxygen atoms in total. The van der Waals surface area contributed by atoms with Gasteiger partial charge in [-0.15, -0.1) is 0 Å². The maximum absolute atomic E-state index is 6.26. The molecule has 2 aromatic carbocycles. The van der Waals surface area contributed by atoms with Gasteiger partial charge in [0.05, 0.1) is 11.9 Å². The third kappa shape index (κ3) is 4.96. The molecule has 0 aliphatic heterocycles. The van der Waals surface area contributed by atoms with E-state index in [-0.39, 0.29) is 0 Å². The van der Waals surface area contributed by atoms with Gasteiger partial charge in [0.25, 0.3) is 0 Å². The fourth-order valence-corrected chi connectivity index (χ4v) is 3.05. The summed E-state index contributed by atoms with van der Waals surface area (Å²) in [5.74, 6) is 0. The molecule has 0 atom stereocenters. The first-order valence-electron chi connectivity index (χ1n) is 8.59. The third-order valence-electron chi connectivity index (χ3n) is 4.38. The highest BCUT2D eigenvalue weighted by molar-refractivity contribution is 7.80. The zero-order valence-corrected chi connectivity index (χ0v) is 16.8. The molecule has 1 aromatic heterocycles. The van der Waals surface area contributed by atoms with E-state index < -0.39 is 0 Å². The molecule has 0 spiro atoms. The Hall–Kier alpha value is -2.63. The Labute approximate surface area is 169 Å². The molecule has 1 heterocycles. The average Bonchev–Trinajstić information content (AvgIpc) is 3.08. The Morgan fingerprint density at radius 2 is 1.93 bits per heavy atom. The molecule has 0 unspecified atom stereocenters. The summed E-state index contributed by atoms with van der Waals surface area (Å²) >= 11 is 11.6. The molecule has 3 rings (SSSR count). The molecule has 0 amide bonds. The lowest BCUT2D eigenvalue weighted by molar-refractivity contribution is 0.799. The van der Waals surface area contributed by atoms with Gasteiger partial charge >= 0.3 is 0 Å². The molecule has 27 heavy (non-hydrogen) atoms. The summed E-state index contributed by atoms with van der Waals surface area (Å²) in [7, 11) is 0. The number of benzene rings is 2. The van der Waals surface area contributed by atoms with Gasteiger partial charge in [-0.3, -0.25) is 5.43 Å². The quantitative estimate of drug-likeness (QED) is 0.357. The van der Waals surface area contributed by atoms with Gasteiger partial charge in [-0.1, -0.05) is 41.9 Å². The number of rotatable bonds is 5. The van der Waals surface area contributed by atoms with E-state index in [9.17, 15) is 0 Å². The number of hydrogen-bond acceptors (Lipinski definition) is 2. The summed E-state index contributed by atoms with van der Waals surface area (Å²) in [6, 6.07) is 17.9. The van der Waals surface area contributed by atoms with Crippen molar-refractivity contribution in [3.8, 4) is 0 Å². The number of anilines is 1. The fraction of sp³-hybridized carbons (Fsp3) is 0.143. The van der Waals surface area contributed by atoms with Crippen LogP contribution < -0.4 is 10.7 Å². The largest absolute Gasteiger partial charge is 0.342 e. The van der Waals surface area contributed by atoms with E-state index in [0.717, 1.165) is 22.0 Å². The number of nitrogens with zero attached hydrogens (tertiary/aromatic N) is 2. The van der Waals surface area contributed by atoms with Crippen molar-refractivity contribution in [2.75, 3.05) is 5.32 Å². The molecular weight excluding hydrogens is 376 g/mol. The summed E-state index contributed by atoms with van der Waals surface area (Å²) in [5, 5.41) is 8.63. The Balaban J connectivity index is 1.62. The van der Waals surface area contributed by atoms with Crippen molar-refractivity contribution < 1.29 is 0 Å². The molecule has 138 valence electrons. The van der Waals surface area contributed by atoms with E-state index in [1.54, 1.807) is 6.21 Å². The van der Waals surface area contributed by atoms with Crippen LogP contribution in [0.1, 0.15) is 22.4 Å². The first-order valence-corrected chi connectivity index (χ1v) is 9.38. The standard InChI is InChI=1S/C21H21ClN4S/c1-15-7-5-11-20(16(15)2)24-21(27)25-23-13-18-9-6-12-26(18)14-17-8-3-4-10-19(17)22/h3-13H,14H2,1-2H3,(H2,24,25,27)/b23-13+. The second-order valence-electron chi connectivity index (χ2n) is 6.22. The van der Waals surface area contributed by atoms with Crippen LogP contribution in [-0.2, 0) is 6.54 Å². The SMILES string of the molecule is Cc1cccc(NC(=S)N/N=C/c2cccn2Cc2ccccc2Cl)c1C. The molecule has 2 N–H and O–H groups in total. The van der Waals surface area contributed by atoms with Crippen LogP contribution in [0.5, 0.6) is 0 Å². The summed E-state index contributed by atoms with van der Waals surface area (Å²) < 4.78 is 2.08. The maximum atomic E-state index is 6.26. The van der Waals surface area contributed by atoms with Gasteiger partial charge in [0.2, 0.25) is 0 Å². The average molecular weight is 397 g/mol. The highest BCUT2D eigenvalue weighted by Gasteiger charge is 2.04. The number of thiocarbonyl (C=S) groups is 1. The second-order valence-corrected chi connectivity index (χ2v) is 7.04. The Bertz CT molecular complexity index is 978. The van der Waals surface area contributed by atoms with E-state index in [1.807, 2.05) is 54.7 Å². The predicted octanol–water partition coefficient (Wildman–Crippen LogP) is 5.13. The monoisotopic (exact) mass is 396 g/mol. The lowest BCUT2D eigenvalue weighted by atomic mass is 10.1. The van der Waals surface area contributed by atoms with Gasteiger partial charge in [0.15, 0.2) is 5.11 Å². The van der Waals surface area contributed by atoms with Crippen LogP contribution >= 0.6 is 23.8 Å². The minimum atomic E-state index is 0.448. The van der Waals surface area contributed by atoms with Crippen LogP contribution in [0, 0.1) is 13.8 Å². The third-order valence-corrected chi connectivity index (χ3v) is 4.94. The number of aryl methyl sites for hydroxylation is 1. The molecule has 3 aromatic rings. The molecular formula is C21H21ClN4S. The minimum Gasteiger partial charge on any atom is -0.342 e. The van der Waals surface area contributed by atoms with Gasteiger partial charge < -0.3 is 9.88 Å². The van der Waals surface area contributed by atoms with Crippen LogP contribution in [0.4, 0.5) is 5.69 Å². The second kappa shape index (κ2) is 8.84. The topological polar surface area (TPSA) is 41.4 Å². The van der Waals surface area contributed by atoms with E-state index >= 15 is 0 Å². The van der Waals surface area contributed by atoms with Gasteiger partial charge in [-0.05, 0) is 67.0 Å². The number of aromatic nitrogens is 1. The first-order chi connectivity index (χ1) is 13.0. The van der Waals surface area contributed by atoms with Crippen LogP contribution in [0.2, 0.25) is 5.02 Å². The Morgan fingerprint density at radius 3 is 2.74 bits per heavy atom. The summed E-state index contributed by atoms with van der Waals surface area (Å²) in [5.41, 5.74) is 8.24. The van der Waals surface area contributed by atoms with Crippen molar-refractivity contribution in [1.29, 1.82) is 0 Å². The van der Waals surface area contributed by atoms with Crippen molar-refractivity contribution in [3.05, 3.63) is 88.2 Å². The van der Waals surface area contributed by atoms with Crippen LogP contribution in [-0.4, -0.2) is 15.9 Å². The van der Waals surface area contributed by atoms with Crippen LogP contribution in [0.15, 0.2) is 65.9 Å². The molecule has 0 fully saturated rings. The summed E-state index contributed by atoms with van der Waals surface area (Å²) in [6.07, 6.45) is 3.74. The fourth-order valence-electron chi connectivity index (χ4n) is 2.69. The normalized spacial score (nSPS) is 10.9. The van der Waals surface area contributed by atoms with Crippen molar-refractivity contribution >= 4 is 40.8 Å². The Morgan fingerprint density at radius 1 is 1.11 bits per heavy atom. The summed E-state index contributed by atoms with van der Waals surface area (Å²) in [6.45, 7) is 4.81. The van der Waals surface area contributed by atoms with Crippen LogP contribution in [0.25, 0.3) is 0 Å². The Kier molecular flexibility index (Phi) is 6.27. The van der Waals surface area contributed by atoms with Crippen molar-refractivity contribution in [2.24, 2.45) is 5.10 Å². The zero-order valence-electron chi connectivity index (χ0n) is 15.2.